The highest BCUT2D eigenvalue weighted by atomic mass is 35.5. The van der Waals surface area contributed by atoms with Crippen molar-refractivity contribution in [1.82, 2.24) is 10.3 Å². The van der Waals surface area contributed by atoms with Gasteiger partial charge in [0, 0.05) is 16.6 Å². The van der Waals surface area contributed by atoms with Crippen molar-refractivity contribution in [3.63, 3.8) is 0 Å². The molecule has 0 fully saturated rings. The second kappa shape index (κ2) is 6.75. The highest BCUT2D eigenvalue weighted by molar-refractivity contribution is 7.18. The first-order valence-corrected chi connectivity index (χ1v) is 8.29. The van der Waals surface area contributed by atoms with E-state index in [4.69, 9.17) is 23.2 Å². The number of halogens is 2. The number of fused-ring (bicyclic) bond motifs is 1. The molecule has 5 heteroatoms. The van der Waals surface area contributed by atoms with E-state index in [0.717, 1.165) is 40.6 Å². The van der Waals surface area contributed by atoms with Gasteiger partial charge in [-0.15, -0.1) is 11.3 Å². The number of hydrogen-bond donors (Lipinski definition) is 1. The number of aromatic nitrogens is 1. The van der Waals surface area contributed by atoms with Gasteiger partial charge in [0.05, 0.1) is 10.2 Å². The van der Waals surface area contributed by atoms with Gasteiger partial charge in [-0.3, -0.25) is 0 Å². The van der Waals surface area contributed by atoms with E-state index in [1.807, 2.05) is 30.3 Å². The molecule has 3 rings (SSSR count). The molecule has 0 spiro atoms. The zero-order chi connectivity index (χ0) is 14.7. The fourth-order valence-corrected chi connectivity index (χ4v) is 3.58. The number of thiazole rings is 1. The van der Waals surface area contributed by atoms with Gasteiger partial charge >= 0.3 is 0 Å². The SMILES string of the molecule is Clc1ccc(CCNCc2nc3ccccc3s2)c(Cl)c1. The fraction of sp³-hybridized carbons (Fsp3) is 0.188. The number of nitrogens with one attached hydrogen (secondary N) is 1. The first-order chi connectivity index (χ1) is 10.2. The maximum Gasteiger partial charge on any atom is 0.108 e. The second-order valence-electron chi connectivity index (χ2n) is 4.74. The molecule has 0 radical (unpaired) electrons. The normalized spacial score (nSPS) is 11.1. The summed E-state index contributed by atoms with van der Waals surface area (Å²) < 4.78 is 1.23. The molecule has 1 N–H and O–H groups in total. The van der Waals surface area contributed by atoms with Crippen LogP contribution in [0, 0.1) is 0 Å². The first kappa shape index (κ1) is 14.8. The summed E-state index contributed by atoms with van der Waals surface area (Å²) in [4.78, 5) is 4.60. The fourth-order valence-electron chi connectivity index (χ4n) is 2.14. The summed E-state index contributed by atoms with van der Waals surface area (Å²) in [5, 5.41) is 5.92. The van der Waals surface area contributed by atoms with Gasteiger partial charge in [0.2, 0.25) is 0 Å². The molecule has 21 heavy (non-hydrogen) atoms. The molecule has 0 atom stereocenters. The van der Waals surface area contributed by atoms with E-state index in [0.29, 0.717) is 5.02 Å². The molecule has 3 aromatic rings. The van der Waals surface area contributed by atoms with E-state index in [-0.39, 0.29) is 0 Å². The van der Waals surface area contributed by atoms with Crippen LogP contribution in [0.2, 0.25) is 10.0 Å². The summed E-state index contributed by atoms with van der Waals surface area (Å²) in [5.41, 5.74) is 2.18. The van der Waals surface area contributed by atoms with Gasteiger partial charge in [-0.05, 0) is 42.8 Å². The van der Waals surface area contributed by atoms with Crippen LogP contribution in [0.5, 0.6) is 0 Å². The van der Waals surface area contributed by atoms with E-state index in [2.05, 4.69) is 16.4 Å². The van der Waals surface area contributed by atoms with E-state index in [9.17, 15) is 0 Å². The Kier molecular flexibility index (Phi) is 4.76. The molecule has 0 unspecified atom stereocenters. The Morgan fingerprint density at radius 3 is 2.76 bits per heavy atom. The van der Waals surface area contributed by atoms with Gasteiger partial charge in [-0.25, -0.2) is 4.98 Å². The topological polar surface area (TPSA) is 24.9 Å². The monoisotopic (exact) mass is 336 g/mol. The molecule has 0 amide bonds. The van der Waals surface area contributed by atoms with Crippen molar-refractivity contribution < 1.29 is 0 Å². The van der Waals surface area contributed by atoms with Crippen LogP contribution in [-0.4, -0.2) is 11.5 Å². The molecular formula is C16H14Cl2N2S. The van der Waals surface area contributed by atoms with Crippen LogP contribution in [0.1, 0.15) is 10.6 Å². The van der Waals surface area contributed by atoms with Crippen molar-refractivity contribution >= 4 is 44.8 Å². The predicted molar refractivity (Wildman–Crippen MR) is 91.5 cm³/mol. The Bertz CT molecular complexity index is 722. The molecule has 1 aromatic heterocycles. The highest BCUT2D eigenvalue weighted by Crippen LogP contribution is 2.22. The maximum atomic E-state index is 6.16. The molecule has 0 saturated heterocycles. The standard InChI is InChI=1S/C16H14Cl2N2S/c17-12-6-5-11(13(18)9-12)7-8-19-10-16-20-14-3-1-2-4-15(14)21-16/h1-6,9,19H,7-8,10H2. The number of nitrogens with zero attached hydrogens (tertiary/aromatic N) is 1. The lowest BCUT2D eigenvalue weighted by atomic mass is 10.1. The molecule has 0 saturated carbocycles. The van der Waals surface area contributed by atoms with Crippen molar-refractivity contribution in [3.05, 3.63) is 63.1 Å². The predicted octanol–water partition coefficient (Wildman–Crippen LogP) is 4.94. The largest absolute Gasteiger partial charge is 0.310 e. The van der Waals surface area contributed by atoms with Gasteiger partial charge in [0.1, 0.15) is 5.01 Å². The summed E-state index contributed by atoms with van der Waals surface area (Å²) in [5.74, 6) is 0. The molecule has 0 aliphatic carbocycles. The van der Waals surface area contributed by atoms with Crippen LogP contribution >= 0.6 is 34.5 Å². The highest BCUT2D eigenvalue weighted by Gasteiger charge is 2.04. The van der Waals surface area contributed by atoms with Gasteiger partial charge < -0.3 is 5.32 Å². The minimum absolute atomic E-state index is 0.672. The minimum Gasteiger partial charge on any atom is -0.310 e. The van der Waals surface area contributed by atoms with Crippen LogP contribution in [0.15, 0.2) is 42.5 Å². The first-order valence-electron chi connectivity index (χ1n) is 6.71. The molecule has 1 heterocycles. The maximum absolute atomic E-state index is 6.16. The Hall–Kier alpha value is -1.13. The number of hydrogen-bond acceptors (Lipinski definition) is 3. The van der Waals surface area contributed by atoms with Crippen molar-refractivity contribution in [3.8, 4) is 0 Å². The van der Waals surface area contributed by atoms with Gasteiger partial charge in [0.25, 0.3) is 0 Å². The van der Waals surface area contributed by atoms with Crippen molar-refractivity contribution in [2.45, 2.75) is 13.0 Å². The van der Waals surface area contributed by atoms with E-state index >= 15 is 0 Å². The average Bonchev–Trinajstić information content (AvgIpc) is 2.88. The van der Waals surface area contributed by atoms with Crippen LogP contribution in [0.3, 0.4) is 0 Å². The quantitative estimate of drug-likeness (QED) is 0.668. The molecule has 108 valence electrons. The summed E-state index contributed by atoms with van der Waals surface area (Å²) in [6.07, 6.45) is 0.876. The molecule has 2 aromatic carbocycles. The van der Waals surface area contributed by atoms with E-state index < -0.39 is 0 Å². The third kappa shape index (κ3) is 3.74. The smallest absolute Gasteiger partial charge is 0.108 e. The van der Waals surface area contributed by atoms with Crippen molar-refractivity contribution in [1.29, 1.82) is 0 Å². The Labute approximate surface area is 137 Å². The van der Waals surface area contributed by atoms with E-state index in [1.165, 1.54) is 4.70 Å². The molecule has 0 aliphatic rings. The van der Waals surface area contributed by atoms with Crippen LogP contribution in [0.25, 0.3) is 10.2 Å². The van der Waals surface area contributed by atoms with Gasteiger partial charge in [0.15, 0.2) is 0 Å². The Balaban J connectivity index is 1.54. The number of benzene rings is 2. The minimum atomic E-state index is 0.672. The third-order valence-electron chi connectivity index (χ3n) is 3.20. The summed E-state index contributed by atoms with van der Waals surface area (Å²) in [6, 6.07) is 13.8. The molecule has 0 aliphatic heterocycles. The van der Waals surface area contributed by atoms with Crippen molar-refractivity contribution in [2.24, 2.45) is 0 Å². The summed E-state index contributed by atoms with van der Waals surface area (Å²) in [6.45, 7) is 1.64. The lowest BCUT2D eigenvalue weighted by molar-refractivity contribution is 0.685. The van der Waals surface area contributed by atoms with E-state index in [1.54, 1.807) is 17.4 Å². The lowest BCUT2D eigenvalue weighted by Crippen LogP contribution is -2.16. The zero-order valence-electron chi connectivity index (χ0n) is 11.3. The van der Waals surface area contributed by atoms with Gasteiger partial charge in [-0.2, -0.15) is 0 Å². The Morgan fingerprint density at radius 1 is 1.10 bits per heavy atom. The third-order valence-corrected chi connectivity index (χ3v) is 4.82. The number of para-hydroxylation sites is 1. The second-order valence-corrected chi connectivity index (χ2v) is 6.70. The average molecular weight is 337 g/mol. The molecule has 0 bridgehead atoms. The summed E-state index contributed by atoms with van der Waals surface area (Å²) in [7, 11) is 0. The number of rotatable bonds is 5. The molecular weight excluding hydrogens is 323 g/mol. The van der Waals surface area contributed by atoms with Crippen LogP contribution in [0.4, 0.5) is 0 Å². The van der Waals surface area contributed by atoms with Crippen LogP contribution < -0.4 is 5.32 Å². The zero-order valence-corrected chi connectivity index (χ0v) is 13.6. The summed E-state index contributed by atoms with van der Waals surface area (Å²) >= 11 is 13.8. The molecule has 2 nitrogen and oxygen atoms in total. The Morgan fingerprint density at radius 2 is 1.95 bits per heavy atom. The lowest BCUT2D eigenvalue weighted by Gasteiger charge is -2.05. The van der Waals surface area contributed by atoms with Crippen molar-refractivity contribution in [2.75, 3.05) is 6.54 Å². The van der Waals surface area contributed by atoms with Gasteiger partial charge in [-0.1, -0.05) is 41.4 Å². The van der Waals surface area contributed by atoms with Crippen LogP contribution in [-0.2, 0) is 13.0 Å².